The van der Waals surface area contributed by atoms with Crippen LogP contribution in [0.5, 0.6) is 0 Å². The Morgan fingerprint density at radius 1 is 1.17 bits per heavy atom. The lowest BCUT2D eigenvalue weighted by molar-refractivity contribution is 0.0979. The maximum Gasteiger partial charge on any atom is 0.330 e. The van der Waals surface area contributed by atoms with E-state index in [0.29, 0.717) is 18.7 Å². The molecule has 156 valence electrons. The lowest BCUT2D eigenvalue weighted by Crippen LogP contribution is -2.41. The molecule has 0 fully saturated rings. The minimum atomic E-state index is -0.727. The number of hydrogen-bond donors (Lipinski definition) is 2. The number of amides is 1. The SMILES string of the molecule is CCCCn1c(N)c(N(Cc2ccccc2)C(=O)c2cnc(C)cn2)c(=O)[nH]c1=O. The number of nitrogens with two attached hydrogens (primary N) is 1. The molecule has 2 aromatic heterocycles. The van der Waals surface area contributed by atoms with Crippen LogP contribution in [0.3, 0.4) is 0 Å². The van der Waals surface area contributed by atoms with Gasteiger partial charge >= 0.3 is 5.69 Å². The molecule has 3 aromatic rings. The van der Waals surface area contributed by atoms with Gasteiger partial charge in [-0.1, -0.05) is 43.7 Å². The molecule has 30 heavy (non-hydrogen) atoms. The van der Waals surface area contributed by atoms with Crippen LogP contribution in [0.15, 0.2) is 52.3 Å². The molecule has 0 saturated heterocycles. The van der Waals surface area contributed by atoms with Crippen molar-refractivity contribution in [3.63, 3.8) is 0 Å². The number of nitrogen functional groups attached to an aromatic ring is 1. The number of carbonyl (C=O) groups excluding carboxylic acids is 1. The molecule has 0 bridgehead atoms. The molecule has 9 heteroatoms. The molecule has 9 nitrogen and oxygen atoms in total. The van der Waals surface area contributed by atoms with Crippen molar-refractivity contribution in [3.05, 3.63) is 80.5 Å². The molecule has 3 N–H and O–H groups in total. The first kappa shape index (κ1) is 21.0. The average Bonchev–Trinajstić information content (AvgIpc) is 2.73. The van der Waals surface area contributed by atoms with Gasteiger partial charge in [0.15, 0.2) is 5.69 Å². The molecule has 0 aliphatic carbocycles. The summed E-state index contributed by atoms with van der Waals surface area (Å²) in [7, 11) is 0. The number of aromatic nitrogens is 4. The summed E-state index contributed by atoms with van der Waals surface area (Å²) in [4.78, 5) is 50.1. The van der Waals surface area contributed by atoms with Gasteiger partial charge < -0.3 is 5.73 Å². The summed E-state index contributed by atoms with van der Waals surface area (Å²) in [6.45, 7) is 4.15. The van der Waals surface area contributed by atoms with Gasteiger partial charge in [0.1, 0.15) is 11.5 Å². The highest BCUT2D eigenvalue weighted by molar-refractivity contribution is 6.05. The van der Waals surface area contributed by atoms with Gasteiger partial charge in [0, 0.05) is 12.7 Å². The van der Waals surface area contributed by atoms with E-state index >= 15 is 0 Å². The van der Waals surface area contributed by atoms with Crippen LogP contribution in [0, 0.1) is 6.92 Å². The normalized spacial score (nSPS) is 10.7. The standard InChI is InChI=1S/C21H24N6O3/c1-3-4-10-26-18(22)17(19(28)25-21(26)30)27(13-15-8-6-5-7-9-15)20(29)16-12-23-14(2)11-24-16/h5-9,11-12H,3-4,10,13,22H2,1-2H3,(H,25,28,30). The number of aromatic amines is 1. The molecule has 2 heterocycles. The number of nitrogens with zero attached hydrogens (tertiary/aromatic N) is 4. The maximum absolute atomic E-state index is 13.3. The Morgan fingerprint density at radius 3 is 2.53 bits per heavy atom. The maximum atomic E-state index is 13.3. The van der Waals surface area contributed by atoms with Gasteiger partial charge in [0.05, 0.1) is 18.4 Å². The van der Waals surface area contributed by atoms with E-state index < -0.39 is 17.2 Å². The number of hydrogen-bond acceptors (Lipinski definition) is 6. The van der Waals surface area contributed by atoms with Crippen LogP contribution in [-0.4, -0.2) is 25.4 Å². The average molecular weight is 408 g/mol. The first-order chi connectivity index (χ1) is 14.4. The van der Waals surface area contributed by atoms with E-state index in [-0.39, 0.29) is 23.7 Å². The van der Waals surface area contributed by atoms with Crippen LogP contribution >= 0.6 is 0 Å². The molecule has 0 aliphatic heterocycles. The molecule has 1 amide bonds. The van der Waals surface area contributed by atoms with E-state index in [1.165, 1.54) is 21.9 Å². The molecular formula is C21H24N6O3. The predicted octanol–water partition coefficient (Wildman–Crippen LogP) is 1.86. The molecule has 1 aromatic carbocycles. The zero-order valence-electron chi connectivity index (χ0n) is 17.0. The van der Waals surface area contributed by atoms with Crippen molar-refractivity contribution in [1.82, 2.24) is 19.5 Å². The van der Waals surface area contributed by atoms with E-state index in [0.717, 1.165) is 12.0 Å². The topological polar surface area (TPSA) is 127 Å². The van der Waals surface area contributed by atoms with Gasteiger partial charge in [-0.2, -0.15) is 0 Å². The molecule has 3 rings (SSSR count). The number of rotatable bonds is 7. The summed E-state index contributed by atoms with van der Waals surface area (Å²) < 4.78 is 1.28. The van der Waals surface area contributed by atoms with E-state index in [9.17, 15) is 14.4 Å². The first-order valence-corrected chi connectivity index (χ1v) is 9.69. The summed E-state index contributed by atoms with van der Waals surface area (Å²) in [5.41, 5.74) is 6.34. The minimum absolute atomic E-state index is 0.0541. The fraction of sp³-hybridized carbons (Fsp3) is 0.286. The van der Waals surface area contributed by atoms with Gasteiger partial charge in [0.25, 0.3) is 11.5 Å². The van der Waals surface area contributed by atoms with Gasteiger partial charge in [-0.25, -0.2) is 9.78 Å². The van der Waals surface area contributed by atoms with Crippen molar-refractivity contribution in [3.8, 4) is 0 Å². The second-order valence-corrected chi connectivity index (χ2v) is 6.92. The summed E-state index contributed by atoms with van der Waals surface area (Å²) in [5.74, 6) is -0.592. The molecular weight excluding hydrogens is 384 g/mol. The van der Waals surface area contributed by atoms with E-state index in [4.69, 9.17) is 5.73 Å². The van der Waals surface area contributed by atoms with Crippen LogP contribution in [-0.2, 0) is 13.1 Å². The largest absolute Gasteiger partial charge is 0.383 e. The highest BCUT2D eigenvalue weighted by atomic mass is 16.2. The van der Waals surface area contributed by atoms with E-state index in [1.807, 2.05) is 37.3 Å². The van der Waals surface area contributed by atoms with Crippen molar-refractivity contribution in [2.45, 2.75) is 39.8 Å². The second kappa shape index (κ2) is 9.17. The Morgan fingerprint density at radius 2 is 1.90 bits per heavy atom. The van der Waals surface area contributed by atoms with Gasteiger partial charge in [-0.05, 0) is 18.9 Å². The first-order valence-electron chi connectivity index (χ1n) is 9.69. The summed E-state index contributed by atoms with van der Waals surface area (Å²) in [6, 6.07) is 9.18. The molecule has 0 atom stereocenters. The zero-order valence-corrected chi connectivity index (χ0v) is 17.0. The highest BCUT2D eigenvalue weighted by Gasteiger charge is 2.26. The summed E-state index contributed by atoms with van der Waals surface area (Å²) in [5, 5.41) is 0. The zero-order chi connectivity index (χ0) is 21.7. The molecule has 0 radical (unpaired) electrons. The van der Waals surface area contributed by atoms with Crippen molar-refractivity contribution in [2.24, 2.45) is 0 Å². The van der Waals surface area contributed by atoms with Crippen LogP contribution in [0.2, 0.25) is 0 Å². The Balaban J connectivity index is 2.14. The number of unbranched alkanes of at least 4 members (excludes halogenated alkanes) is 1. The fourth-order valence-electron chi connectivity index (χ4n) is 3.04. The third-order valence-corrected chi connectivity index (χ3v) is 4.65. The van der Waals surface area contributed by atoms with E-state index in [2.05, 4.69) is 15.0 Å². The van der Waals surface area contributed by atoms with Crippen molar-refractivity contribution in [1.29, 1.82) is 0 Å². The Hall–Kier alpha value is -3.75. The highest BCUT2D eigenvalue weighted by Crippen LogP contribution is 2.21. The second-order valence-electron chi connectivity index (χ2n) is 6.92. The quantitative estimate of drug-likeness (QED) is 0.614. The minimum Gasteiger partial charge on any atom is -0.383 e. The van der Waals surface area contributed by atoms with Crippen molar-refractivity contribution in [2.75, 3.05) is 10.6 Å². The summed E-state index contributed by atoms with van der Waals surface area (Å²) in [6.07, 6.45) is 4.37. The van der Waals surface area contributed by atoms with Crippen LogP contribution < -0.4 is 21.9 Å². The molecule has 0 aliphatic rings. The number of carbonyl (C=O) groups is 1. The molecule has 0 saturated carbocycles. The Labute approximate surface area is 173 Å². The van der Waals surface area contributed by atoms with Gasteiger partial charge in [0.2, 0.25) is 0 Å². The van der Waals surface area contributed by atoms with Crippen LogP contribution in [0.1, 0.15) is 41.5 Å². The predicted molar refractivity (Wildman–Crippen MR) is 114 cm³/mol. The molecule has 0 unspecified atom stereocenters. The number of aryl methyl sites for hydroxylation is 1. The third kappa shape index (κ3) is 4.45. The lowest BCUT2D eigenvalue weighted by atomic mass is 10.2. The fourth-order valence-corrected chi connectivity index (χ4v) is 3.04. The van der Waals surface area contributed by atoms with Crippen LogP contribution in [0.4, 0.5) is 11.5 Å². The third-order valence-electron chi connectivity index (χ3n) is 4.65. The summed E-state index contributed by atoms with van der Waals surface area (Å²) >= 11 is 0. The van der Waals surface area contributed by atoms with Crippen LogP contribution in [0.25, 0.3) is 0 Å². The molecule has 0 spiro atoms. The Kier molecular flexibility index (Phi) is 6.41. The van der Waals surface area contributed by atoms with E-state index in [1.54, 1.807) is 6.92 Å². The van der Waals surface area contributed by atoms with Gasteiger partial charge in [-0.15, -0.1) is 0 Å². The number of anilines is 2. The number of benzene rings is 1. The number of nitrogens with one attached hydrogen (secondary N) is 1. The van der Waals surface area contributed by atoms with Gasteiger partial charge in [-0.3, -0.25) is 29.0 Å². The number of H-pyrrole nitrogens is 1. The van der Waals surface area contributed by atoms with Crippen molar-refractivity contribution >= 4 is 17.4 Å². The monoisotopic (exact) mass is 408 g/mol. The smallest absolute Gasteiger partial charge is 0.330 e. The van der Waals surface area contributed by atoms with Crippen molar-refractivity contribution < 1.29 is 4.79 Å². The Bertz CT molecular complexity index is 1140. The lowest BCUT2D eigenvalue weighted by Gasteiger charge is -2.24.